The maximum Gasteiger partial charge on any atom is 0.308 e. The minimum atomic E-state index is -0.478. The third-order valence-electron chi connectivity index (χ3n) is 3.50. The second-order valence-corrected chi connectivity index (χ2v) is 4.98. The number of benzene rings is 1. The third-order valence-corrected chi connectivity index (χ3v) is 3.50. The van der Waals surface area contributed by atoms with Crippen molar-refractivity contribution in [3.8, 4) is 17.6 Å². The van der Waals surface area contributed by atoms with E-state index in [1.54, 1.807) is 18.2 Å². The van der Waals surface area contributed by atoms with Crippen molar-refractivity contribution in [3.05, 3.63) is 23.8 Å². The van der Waals surface area contributed by atoms with Crippen molar-refractivity contribution in [1.82, 2.24) is 10.2 Å². The average Bonchev–Trinajstić information content (AvgIpc) is 2.47. The molecular formula is C15H21Cl2N3O3. The Morgan fingerprint density at radius 2 is 2.09 bits per heavy atom. The lowest BCUT2D eigenvalue weighted by Gasteiger charge is -2.34. The Morgan fingerprint density at radius 1 is 1.43 bits per heavy atom. The predicted molar refractivity (Wildman–Crippen MR) is 91.3 cm³/mol. The van der Waals surface area contributed by atoms with Gasteiger partial charge in [0.05, 0.1) is 12.5 Å². The molecule has 0 saturated carbocycles. The van der Waals surface area contributed by atoms with Crippen molar-refractivity contribution in [3.63, 3.8) is 0 Å². The molecule has 2 rings (SSSR count). The molecule has 128 valence electrons. The SMILES string of the molecule is CC(=O)Oc1ccc([C@@H](CC#N)N2CCNCC2)cc1O.Cl.Cl. The molecule has 0 amide bonds. The van der Waals surface area contributed by atoms with E-state index in [4.69, 9.17) is 10.00 Å². The highest BCUT2D eigenvalue weighted by Gasteiger charge is 2.23. The Morgan fingerprint density at radius 3 is 2.61 bits per heavy atom. The maximum absolute atomic E-state index is 10.9. The lowest BCUT2D eigenvalue weighted by molar-refractivity contribution is -0.132. The van der Waals surface area contributed by atoms with Crippen molar-refractivity contribution in [2.75, 3.05) is 26.2 Å². The number of carbonyl (C=O) groups excluding carboxylic acids is 1. The zero-order chi connectivity index (χ0) is 15.2. The number of carbonyl (C=O) groups is 1. The predicted octanol–water partition coefficient (Wildman–Crippen LogP) is 2.02. The van der Waals surface area contributed by atoms with E-state index >= 15 is 0 Å². The summed E-state index contributed by atoms with van der Waals surface area (Å²) in [5, 5.41) is 22.3. The summed E-state index contributed by atoms with van der Waals surface area (Å²) in [6.07, 6.45) is 0.354. The highest BCUT2D eigenvalue weighted by Crippen LogP contribution is 2.32. The number of halogens is 2. The number of rotatable bonds is 4. The Hall–Kier alpha value is -1.52. The van der Waals surface area contributed by atoms with Crippen LogP contribution in [-0.2, 0) is 4.79 Å². The van der Waals surface area contributed by atoms with Crippen LogP contribution in [0.3, 0.4) is 0 Å². The van der Waals surface area contributed by atoms with Gasteiger partial charge in [0.2, 0.25) is 0 Å². The van der Waals surface area contributed by atoms with Crippen molar-refractivity contribution in [1.29, 1.82) is 5.26 Å². The minimum Gasteiger partial charge on any atom is -0.504 e. The number of esters is 1. The fraction of sp³-hybridized carbons (Fsp3) is 0.467. The molecule has 0 spiro atoms. The normalized spacial score (nSPS) is 15.5. The first kappa shape index (κ1) is 21.5. The summed E-state index contributed by atoms with van der Waals surface area (Å²) < 4.78 is 4.91. The molecule has 1 aliphatic heterocycles. The second kappa shape index (κ2) is 10.3. The first-order valence-electron chi connectivity index (χ1n) is 6.95. The van der Waals surface area contributed by atoms with Gasteiger partial charge in [0.15, 0.2) is 11.5 Å². The molecule has 1 atom stereocenters. The Balaban J connectivity index is 0.00000242. The molecule has 1 aliphatic rings. The fourth-order valence-corrected chi connectivity index (χ4v) is 2.52. The average molecular weight is 362 g/mol. The van der Waals surface area contributed by atoms with Gasteiger partial charge in [-0.1, -0.05) is 6.07 Å². The summed E-state index contributed by atoms with van der Waals surface area (Å²) in [6.45, 7) is 4.78. The summed E-state index contributed by atoms with van der Waals surface area (Å²) in [5.41, 5.74) is 0.854. The van der Waals surface area contributed by atoms with Crippen LogP contribution in [0.2, 0.25) is 0 Å². The summed E-state index contributed by atoms with van der Waals surface area (Å²) in [5.74, 6) is -0.420. The zero-order valence-electron chi connectivity index (χ0n) is 12.8. The van der Waals surface area contributed by atoms with E-state index in [2.05, 4.69) is 16.3 Å². The van der Waals surface area contributed by atoms with E-state index in [1.165, 1.54) is 6.92 Å². The quantitative estimate of drug-likeness (QED) is 0.630. The van der Waals surface area contributed by atoms with Crippen molar-refractivity contribution < 1.29 is 14.6 Å². The number of hydrogen-bond acceptors (Lipinski definition) is 6. The molecule has 1 heterocycles. The topological polar surface area (TPSA) is 85.6 Å². The number of nitriles is 1. The second-order valence-electron chi connectivity index (χ2n) is 4.98. The molecule has 1 saturated heterocycles. The standard InChI is InChI=1S/C15H19N3O3.2ClH/c1-11(19)21-15-3-2-12(10-14(15)20)13(4-5-16)18-8-6-17-7-9-18;;/h2-3,10,13,17,20H,4,6-9H2,1H3;2*1H/t13-;;/m1../s1. The van der Waals surface area contributed by atoms with E-state index in [1.807, 2.05) is 0 Å². The van der Waals surface area contributed by atoms with Gasteiger partial charge in [0.1, 0.15) is 0 Å². The van der Waals surface area contributed by atoms with Crippen LogP contribution in [0.25, 0.3) is 0 Å². The third kappa shape index (κ3) is 5.88. The molecule has 1 aromatic rings. The maximum atomic E-state index is 10.9. The molecule has 0 radical (unpaired) electrons. The van der Waals surface area contributed by atoms with E-state index < -0.39 is 5.97 Å². The van der Waals surface area contributed by atoms with Gasteiger partial charge in [-0.2, -0.15) is 5.26 Å². The minimum absolute atomic E-state index is 0. The molecule has 1 aromatic carbocycles. The van der Waals surface area contributed by atoms with Crippen LogP contribution in [0, 0.1) is 11.3 Å². The van der Waals surface area contributed by atoms with Crippen molar-refractivity contribution >= 4 is 30.8 Å². The number of hydrogen-bond donors (Lipinski definition) is 2. The number of aromatic hydroxyl groups is 1. The van der Waals surface area contributed by atoms with Gasteiger partial charge in [-0.15, -0.1) is 24.8 Å². The first-order chi connectivity index (χ1) is 10.1. The van der Waals surface area contributed by atoms with Gasteiger partial charge in [0.25, 0.3) is 0 Å². The molecule has 6 nitrogen and oxygen atoms in total. The van der Waals surface area contributed by atoms with E-state index in [0.717, 1.165) is 31.7 Å². The molecular weight excluding hydrogens is 341 g/mol. The van der Waals surface area contributed by atoms with Crippen LogP contribution >= 0.6 is 24.8 Å². The van der Waals surface area contributed by atoms with Crippen LogP contribution < -0.4 is 10.1 Å². The van der Waals surface area contributed by atoms with Crippen LogP contribution in [0.4, 0.5) is 0 Å². The van der Waals surface area contributed by atoms with Crippen LogP contribution in [-0.4, -0.2) is 42.2 Å². The van der Waals surface area contributed by atoms with Crippen LogP contribution in [0.1, 0.15) is 24.9 Å². The van der Waals surface area contributed by atoms with E-state index in [0.29, 0.717) is 6.42 Å². The summed E-state index contributed by atoms with van der Waals surface area (Å²) in [6, 6.07) is 7.07. The molecule has 0 aliphatic carbocycles. The van der Waals surface area contributed by atoms with E-state index in [-0.39, 0.29) is 42.4 Å². The van der Waals surface area contributed by atoms with Gasteiger partial charge in [0, 0.05) is 39.1 Å². The van der Waals surface area contributed by atoms with Crippen molar-refractivity contribution in [2.24, 2.45) is 0 Å². The Labute approximate surface area is 148 Å². The van der Waals surface area contributed by atoms with Gasteiger partial charge >= 0.3 is 5.97 Å². The molecule has 0 bridgehead atoms. The number of ether oxygens (including phenoxy) is 1. The molecule has 2 N–H and O–H groups in total. The Bertz CT molecular complexity index is 557. The van der Waals surface area contributed by atoms with Gasteiger partial charge in [-0.25, -0.2) is 0 Å². The molecule has 8 heteroatoms. The smallest absolute Gasteiger partial charge is 0.308 e. The number of nitrogens with zero attached hydrogens (tertiary/aromatic N) is 2. The number of phenolic OH excluding ortho intramolecular Hbond substituents is 1. The lowest BCUT2D eigenvalue weighted by Crippen LogP contribution is -2.45. The van der Waals surface area contributed by atoms with Gasteiger partial charge in [-0.05, 0) is 17.7 Å². The highest BCUT2D eigenvalue weighted by molar-refractivity contribution is 5.85. The number of phenols is 1. The molecule has 1 fully saturated rings. The molecule has 0 unspecified atom stereocenters. The fourth-order valence-electron chi connectivity index (χ4n) is 2.52. The van der Waals surface area contributed by atoms with Crippen LogP contribution in [0.15, 0.2) is 18.2 Å². The first-order valence-corrected chi connectivity index (χ1v) is 6.95. The highest BCUT2D eigenvalue weighted by atomic mass is 35.5. The zero-order valence-corrected chi connectivity index (χ0v) is 14.5. The molecule has 0 aromatic heterocycles. The van der Waals surface area contributed by atoms with Gasteiger partial charge < -0.3 is 15.2 Å². The monoisotopic (exact) mass is 361 g/mol. The summed E-state index contributed by atoms with van der Waals surface area (Å²) in [7, 11) is 0. The van der Waals surface area contributed by atoms with Crippen LogP contribution in [0.5, 0.6) is 11.5 Å². The number of nitrogens with one attached hydrogen (secondary N) is 1. The lowest BCUT2D eigenvalue weighted by atomic mass is 10.0. The summed E-state index contributed by atoms with van der Waals surface area (Å²) >= 11 is 0. The van der Waals surface area contributed by atoms with Gasteiger partial charge in [-0.3, -0.25) is 9.69 Å². The summed E-state index contributed by atoms with van der Waals surface area (Å²) in [4.78, 5) is 13.2. The molecule has 23 heavy (non-hydrogen) atoms. The largest absolute Gasteiger partial charge is 0.504 e. The van der Waals surface area contributed by atoms with E-state index in [9.17, 15) is 9.90 Å². The van der Waals surface area contributed by atoms with Crippen molar-refractivity contribution in [2.45, 2.75) is 19.4 Å². The Kier molecular flexibility index (Phi) is 9.61. The number of piperazine rings is 1.